The number of aliphatic hydroxyl groups is 1. The Kier molecular flexibility index (Phi) is 6.09. The summed E-state index contributed by atoms with van der Waals surface area (Å²) in [5.41, 5.74) is 1.84. The molecule has 2 aliphatic heterocycles. The lowest BCUT2D eigenvalue weighted by atomic mass is 9.84. The molecule has 0 radical (unpaired) electrons. The Balaban J connectivity index is 1.47. The van der Waals surface area contributed by atoms with Crippen LogP contribution in [0, 0.1) is 11.7 Å². The molecule has 0 saturated carbocycles. The van der Waals surface area contributed by atoms with E-state index in [9.17, 15) is 23.1 Å². The van der Waals surface area contributed by atoms with E-state index in [4.69, 9.17) is 9.15 Å². The van der Waals surface area contributed by atoms with E-state index in [1.165, 1.54) is 24.3 Å². The van der Waals surface area contributed by atoms with Gasteiger partial charge in [-0.25, -0.2) is 4.39 Å². The second kappa shape index (κ2) is 9.19. The minimum absolute atomic E-state index is 0.0470. The van der Waals surface area contributed by atoms with Crippen LogP contribution in [0.5, 0.6) is 0 Å². The van der Waals surface area contributed by atoms with Crippen LogP contribution in [0.2, 0.25) is 0 Å². The molecule has 2 atom stereocenters. The zero-order valence-electron chi connectivity index (χ0n) is 18.0. The number of benzene rings is 2. The summed E-state index contributed by atoms with van der Waals surface area (Å²) in [6, 6.07) is 10.0. The predicted molar refractivity (Wildman–Crippen MR) is 113 cm³/mol. The molecule has 0 aliphatic carbocycles. The van der Waals surface area contributed by atoms with Crippen molar-refractivity contribution in [2.45, 2.75) is 38.0 Å². The maximum Gasteiger partial charge on any atom is 0.314 e. The van der Waals surface area contributed by atoms with Crippen LogP contribution in [0.3, 0.4) is 0 Å². The number of fused-ring (bicyclic) bond motifs is 1. The summed E-state index contributed by atoms with van der Waals surface area (Å²) in [4.78, 5) is 15.1. The van der Waals surface area contributed by atoms with Crippen molar-refractivity contribution in [3.05, 3.63) is 70.9 Å². The number of aromatic nitrogens is 2. The second-order valence-electron chi connectivity index (χ2n) is 8.49. The Morgan fingerprint density at radius 2 is 1.88 bits per heavy atom. The molecule has 34 heavy (non-hydrogen) atoms. The first-order valence-electron chi connectivity index (χ1n) is 11.0. The lowest BCUT2D eigenvalue weighted by molar-refractivity contribution is -0.0214. The van der Waals surface area contributed by atoms with E-state index >= 15 is 0 Å². The van der Waals surface area contributed by atoms with Crippen LogP contribution < -0.4 is 0 Å². The summed E-state index contributed by atoms with van der Waals surface area (Å²) in [5, 5.41) is 18.3. The highest BCUT2D eigenvalue weighted by atomic mass is 19.3. The number of ether oxygens (including phenoxy) is 1. The van der Waals surface area contributed by atoms with Crippen LogP contribution in [0.1, 0.15) is 52.7 Å². The first kappa shape index (κ1) is 22.5. The van der Waals surface area contributed by atoms with Gasteiger partial charge in [0.25, 0.3) is 11.8 Å². The lowest BCUT2D eigenvalue weighted by Gasteiger charge is -2.39. The van der Waals surface area contributed by atoms with Crippen molar-refractivity contribution < 1.29 is 32.2 Å². The van der Waals surface area contributed by atoms with Crippen LogP contribution in [0.15, 0.2) is 46.9 Å². The SMILES string of the molecule is O=C1c2cc(-c3nnc(C(F)F)o3)ccc2CN1C(C1CCOCC1)C(O)c1cccc(F)c1. The summed E-state index contributed by atoms with van der Waals surface area (Å²) < 4.78 is 50.0. The third-order valence-electron chi connectivity index (χ3n) is 6.44. The van der Waals surface area contributed by atoms with Crippen LogP contribution in [0.25, 0.3) is 11.5 Å². The molecule has 0 bridgehead atoms. The number of carbonyl (C=O) groups is 1. The molecule has 178 valence electrons. The molecule has 0 spiro atoms. The number of amides is 1. The molecule has 2 unspecified atom stereocenters. The highest BCUT2D eigenvalue weighted by Gasteiger charge is 2.41. The maximum absolute atomic E-state index is 13.9. The van der Waals surface area contributed by atoms with Gasteiger partial charge >= 0.3 is 6.43 Å². The molecule has 1 aromatic heterocycles. The van der Waals surface area contributed by atoms with Crippen molar-refractivity contribution in [2.75, 3.05) is 13.2 Å². The van der Waals surface area contributed by atoms with E-state index < -0.39 is 30.3 Å². The predicted octanol–water partition coefficient (Wildman–Crippen LogP) is 4.30. The van der Waals surface area contributed by atoms with Gasteiger partial charge in [-0.3, -0.25) is 4.79 Å². The third kappa shape index (κ3) is 4.19. The van der Waals surface area contributed by atoms with Gasteiger partial charge in [-0.05, 0) is 54.2 Å². The monoisotopic (exact) mass is 473 g/mol. The number of aliphatic hydroxyl groups excluding tert-OH is 1. The topological polar surface area (TPSA) is 88.7 Å². The van der Waals surface area contributed by atoms with Gasteiger partial charge < -0.3 is 19.2 Å². The molecule has 2 aliphatic rings. The van der Waals surface area contributed by atoms with Gasteiger partial charge in [0.2, 0.25) is 5.89 Å². The molecule has 5 rings (SSSR count). The van der Waals surface area contributed by atoms with Gasteiger partial charge in [-0.2, -0.15) is 8.78 Å². The standard InChI is InChI=1S/C24H22F3N3O4/c25-17-3-1-2-14(10-17)20(31)19(13-6-8-33-9-7-13)30-12-16-5-4-15(11-18(16)24(30)32)22-28-29-23(34-22)21(26)27/h1-5,10-11,13,19-21,31H,6-9,12H2. The summed E-state index contributed by atoms with van der Waals surface area (Å²) in [7, 11) is 0. The highest BCUT2D eigenvalue weighted by molar-refractivity contribution is 5.99. The van der Waals surface area contributed by atoms with Gasteiger partial charge in [0.05, 0.1) is 12.1 Å². The Labute approximate surface area is 193 Å². The quantitative estimate of drug-likeness (QED) is 0.575. The summed E-state index contributed by atoms with van der Waals surface area (Å²) in [6.45, 7) is 1.29. The average molecular weight is 473 g/mol. The number of halogens is 3. The largest absolute Gasteiger partial charge is 0.415 e. The van der Waals surface area contributed by atoms with Crippen molar-refractivity contribution in [1.29, 1.82) is 0 Å². The van der Waals surface area contributed by atoms with E-state index in [1.807, 2.05) is 0 Å². The number of rotatable bonds is 6. The zero-order valence-corrected chi connectivity index (χ0v) is 18.0. The number of nitrogens with zero attached hydrogens (tertiary/aromatic N) is 3. The molecule has 2 aromatic carbocycles. The van der Waals surface area contributed by atoms with Gasteiger partial charge in [0, 0.05) is 30.9 Å². The normalized spacial score (nSPS) is 18.4. The fraction of sp³-hybridized carbons (Fsp3) is 0.375. The first-order valence-corrected chi connectivity index (χ1v) is 11.0. The molecular formula is C24H22F3N3O4. The second-order valence-corrected chi connectivity index (χ2v) is 8.49. The van der Waals surface area contributed by atoms with E-state index in [0.29, 0.717) is 42.7 Å². The molecule has 1 N–H and O–H groups in total. The maximum atomic E-state index is 13.9. The smallest absolute Gasteiger partial charge is 0.314 e. The molecule has 3 aromatic rings. The third-order valence-corrected chi connectivity index (χ3v) is 6.44. The molecule has 1 amide bonds. The minimum atomic E-state index is -2.89. The van der Waals surface area contributed by atoms with Crippen molar-refractivity contribution in [1.82, 2.24) is 15.1 Å². The highest BCUT2D eigenvalue weighted by Crippen LogP contribution is 2.38. The lowest BCUT2D eigenvalue weighted by Crippen LogP contribution is -2.46. The molecule has 3 heterocycles. The number of hydrogen-bond donors (Lipinski definition) is 1. The average Bonchev–Trinajstić information content (AvgIpc) is 3.46. The summed E-state index contributed by atoms with van der Waals surface area (Å²) in [6.07, 6.45) is -2.68. The summed E-state index contributed by atoms with van der Waals surface area (Å²) >= 11 is 0. The fourth-order valence-electron chi connectivity index (χ4n) is 4.76. The van der Waals surface area contributed by atoms with E-state index in [0.717, 1.165) is 5.56 Å². The van der Waals surface area contributed by atoms with E-state index in [2.05, 4.69) is 10.2 Å². The van der Waals surface area contributed by atoms with Crippen molar-refractivity contribution >= 4 is 5.91 Å². The number of alkyl halides is 2. The first-order chi connectivity index (χ1) is 16.4. The molecular weight excluding hydrogens is 451 g/mol. The van der Waals surface area contributed by atoms with Gasteiger partial charge in [0.1, 0.15) is 5.82 Å². The zero-order chi connectivity index (χ0) is 23.8. The van der Waals surface area contributed by atoms with Crippen LogP contribution in [-0.4, -0.2) is 45.4 Å². The number of hydrogen-bond acceptors (Lipinski definition) is 6. The van der Waals surface area contributed by atoms with Crippen LogP contribution >= 0.6 is 0 Å². The molecule has 10 heteroatoms. The van der Waals surface area contributed by atoms with Gasteiger partial charge in [0.15, 0.2) is 0 Å². The van der Waals surface area contributed by atoms with Crippen LogP contribution in [-0.2, 0) is 11.3 Å². The Morgan fingerprint density at radius 3 is 2.59 bits per heavy atom. The van der Waals surface area contributed by atoms with Gasteiger partial charge in [-0.1, -0.05) is 18.2 Å². The molecule has 1 fully saturated rings. The Bertz CT molecular complexity index is 1200. The molecule has 1 saturated heterocycles. The number of carbonyl (C=O) groups excluding carboxylic acids is 1. The van der Waals surface area contributed by atoms with Gasteiger partial charge in [-0.15, -0.1) is 10.2 Å². The van der Waals surface area contributed by atoms with Crippen LogP contribution in [0.4, 0.5) is 13.2 Å². The Hall–Kier alpha value is -3.24. The van der Waals surface area contributed by atoms with E-state index in [1.54, 1.807) is 23.1 Å². The van der Waals surface area contributed by atoms with Crippen molar-refractivity contribution in [3.8, 4) is 11.5 Å². The Morgan fingerprint density at radius 1 is 1.09 bits per heavy atom. The fourth-order valence-corrected chi connectivity index (χ4v) is 4.76. The van der Waals surface area contributed by atoms with E-state index in [-0.39, 0.29) is 24.3 Å². The summed E-state index contributed by atoms with van der Waals surface area (Å²) in [5.74, 6) is -1.72. The minimum Gasteiger partial charge on any atom is -0.415 e. The van der Waals surface area contributed by atoms with Crippen molar-refractivity contribution in [2.24, 2.45) is 5.92 Å². The molecule has 7 nitrogen and oxygen atoms in total. The van der Waals surface area contributed by atoms with Crippen molar-refractivity contribution in [3.63, 3.8) is 0 Å².